The van der Waals surface area contributed by atoms with E-state index in [2.05, 4.69) is 5.32 Å². The Bertz CT molecular complexity index is 443. The highest BCUT2D eigenvalue weighted by molar-refractivity contribution is 6.04. The van der Waals surface area contributed by atoms with Gasteiger partial charge in [-0.05, 0) is 12.1 Å². The Hall–Kier alpha value is -2.05. The molecule has 0 aliphatic rings. The number of hydrogen-bond acceptors (Lipinski definition) is 3. The maximum Gasteiger partial charge on any atom is 0.454 e. The van der Waals surface area contributed by atoms with Crippen LogP contribution in [0.2, 0.25) is 0 Å². The number of Topliss-reactive ketones (excluding diaryl/α,β-unsaturated/α-hetero) is 1. The van der Waals surface area contributed by atoms with Gasteiger partial charge in [0.2, 0.25) is 0 Å². The number of carboxylic acid groups (broad SMARTS) is 1. The Morgan fingerprint density at radius 1 is 1.24 bits per heavy atom. The van der Waals surface area contributed by atoms with E-state index in [0.29, 0.717) is 0 Å². The summed E-state index contributed by atoms with van der Waals surface area (Å²) < 4.78 is 36.7. The molecule has 0 radical (unpaired) electrons. The van der Waals surface area contributed by atoms with Gasteiger partial charge in [-0.25, -0.2) is 0 Å². The van der Waals surface area contributed by atoms with E-state index in [1.165, 1.54) is 18.2 Å². The van der Waals surface area contributed by atoms with E-state index >= 15 is 0 Å². The van der Waals surface area contributed by atoms with Crippen molar-refractivity contribution in [3.05, 3.63) is 29.8 Å². The minimum absolute atomic E-state index is 0.155. The van der Waals surface area contributed by atoms with Crippen molar-refractivity contribution >= 4 is 17.4 Å². The van der Waals surface area contributed by atoms with Gasteiger partial charge in [0.05, 0.1) is 5.56 Å². The van der Waals surface area contributed by atoms with Crippen molar-refractivity contribution in [1.82, 2.24) is 0 Å². The monoisotopic (exact) mass is 247 g/mol. The third-order valence-electron chi connectivity index (χ3n) is 1.86. The summed E-state index contributed by atoms with van der Waals surface area (Å²) in [4.78, 5) is 21.3. The predicted octanol–water partition coefficient (Wildman–Crippen LogP) is 1.93. The van der Waals surface area contributed by atoms with Gasteiger partial charge in [0.25, 0.3) is 5.78 Å². The van der Waals surface area contributed by atoms with Gasteiger partial charge in [0.15, 0.2) is 0 Å². The van der Waals surface area contributed by atoms with Crippen molar-refractivity contribution in [3.8, 4) is 0 Å². The Morgan fingerprint density at radius 2 is 1.82 bits per heavy atom. The Kier molecular flexibility index (Phi) is 3.72. The third kappa shape index (κ3) is 3.47. The van der Waals surface area contributed by atoms with Gasteiger partial charge < -0.3 is 10.4 Å². The lowest BCUT2D eigenvalue weighted by atomic mass is 10.1. The molecule has 1 aromatic carbocycles. The Balaban J connectivity index is 3.00. The summed E-state index contributed by atoms with van der Waals surface area (Å²) in [5.41, 5.74) is -0.751. The first-order valence-electron chi connectivity index (χ1n) is 4.48. The normalized spacial score (nSPS) is 11.0. The van der Waals surface area contributed by atoms with Crippen molar-refractivity contribution in [3.63, 3.8) is 0 Å². The summed E-state index contributed by atoms with van der Waals surface area (Å²) in [6.07, 6.45) is -4.99. The average molecular weight is 247 g/mol. The topological polar surface area (TPSA) is 66.4 Å². The van der Waals surface area contributed by atoms with Crippen LogP contribution in [0.1, 0.15) is 10.4 Å². The predicted molar refractivity (Wildman–Crippen MR) is 53.0 cm³/mol. The molecule has 0 bridgehead atoms. The van der Waals surface area contributed by atoms with Crippen molar-refractivity contribution in [2.45, 2.75) is 6.18 Å². The summed E-state index contributed by atoms with van der Waals surface area (Å²) in [5, 5.41) is 10.6. The van der Waals surface area contributed by atoms with Gasteiger partial charge in [-0.1, -0.05) is 12.1 Å². The molecule has 0 heterocycles. The fourth-order valence-electron chi connectivity index (χ4n) is 1.16. The molecule has 0 unspecified atom stereocenters. The van der Waals surface area contributed by atoms with Gasteiger partial charge in [0.1, 0.15) is 6.54 Å². The molecule has 0 saturated carbocycles. The van der Waals surface area contributed by atoms with Crippen molar-refractivity contribution < 1.29 is 27.9 Å². The lowest BCUT2D eigenvalue weighted by Gasteiger charge is -2.11. The van der Waals surface area contributed by atoms with Crippen LogP contribution in [0, 0.1) is 0 Å². The van der Waals surface area contributed by atoms with Crippen LogP contribution in [-0.2, 0) is 4.79 Å². The first kappa shape index (κ1) is 13.0. The van der Waals surface area contributed by atoms with Crippen molar-refractivity contribution in [2.75, 3.05) is 11.9 Å². The molecule has 92 valence electrons. The first-order chi connectivity index (χ1) is 7.82. The molecule has 0 fully saturated rings. The van der Waals surface area contributed by atoms with E-state index in [-0.39, 0.29) is 5.69 Å². The number of aliphatic carboxylic acids is 1. The fourth-order valence-corrected chi connectivity index (χ4v) is 1.16. The zero-order valence-corrected chi connectivity index (χ0v) is 8.41. The van der Waals surface area contributed by atoms with E-state index in [0.717, 1.165) is 6.07 Å². The second-order valence-corrected chi connectivity index (χ2v) is 3.12. The van der Waals surface area contributed by atoms with Crippen LogP contribution in [0.4, 0.5) is 18.9 Å². The third-order valence-corrected chi connectivity index (χ3v) is 1.86. The highest BCUT2D eigenvalue weighted by Crippen LogP contribution is 2.25. The molecule has 0 aromatic heterocycles. The molecule has 0 spiro atoms. The maximum atomic E-state index is 12.2. The zero-order chi connectivity index (χ0) is 13.1. The molecule has 1 aromatic rings. The summed E-state index contributed by atoms with van der Waals surface area (Å²) in [5.74, 6) is -3.25. The number of carboxylic acids is 1. The number of ketones is 1. The minimum Gasteiger partial charge on any atom is -0.480 e. The number of rotatable bonds is 4. The van der Waals surface area contributed by atoms with Crippen LogP contribution < -0.4 is 5.32 Å². The summed E-state index contributed by atoms with van der Waals surface area (Å²) in [6, 6.07) is 4.87. The highest BCUT2D eigenvalue weighted by Gasteiger charge is 2.40. The van der Waals surface area contributed by atoms with Crippen LogP contribution in [0.5, 0.6) is 0 Å². The Labute approximate surface area is 94.1 Å². The summed E-state index contributed by atoms with van der Waals surface area (Å²) >= 11 is 0. The number of halogens is 3. The minimum atomic E-state index is -4.99. The van der Waals surface area contributed by atoms with E-state index in [4.69, 9.17) is 5.11 Å². The van der Waals surface area contributed by atoms with Gasteiger partial charge in [-0.3, -0.25) is 9.59 Å². The number of para-hydroxylation sites is 1. The van der Waals surface area contributed by atoms with E-state index in [1.807, 2.05) is 0 Å². The number of carbonyl (C=O) groups excluding carboxylic acids is 1. The SMILES string of the molecule is O=C(O)CNc1ccccc1C(=O)C(F)(F)F. The number of alkyl halides is 3. The van der Waals surface area contributed by atoms with Crippen LogP contribution in [0.3, 0.4) is 0 Å². The largest absolute Gasteiger partial charge is 0.480 e. The molecule has 7 heteroatoms. The second-order valence-electron chi connectivity index (χ2n) is 3.12. The Morgan fingerprint density at radius 3 is 2.35 bits per heavy atom. The first-order valence-corrected chi connectivity index (χ1v) is 4.48. The van der Waals surface area contributed by atoms with Crippen molar-refractivity contribution in [1.29, 1.82) is 0 Å². The molecule has 2 N–H and O–H groups in total. The van der Waals surface area contributed by atoms with E-state index < -0.39 is 30.0 Å². The van der Waals surface area contributed by atoms with Crippen LogP contribution in [-0.4, -0.2) is 29.6 Å². The number of carbonyl (C=O) groups is 2. The summed E-state index contributed by atoms with van der Waals surface area (Å²) in [6.45, 7) is -0.567. The quantitative estimate of drug-likeness (QED) is 0.798. The lowest BCUT2D eigenvalue weighted by molar-refractivity contribution is -0.134. The van der Waals surface area contributed by atoms with E-state index in [9.17, 15) is 22.8 Å². The smallest absolute Gasteiger partial charge is 0.454 e. The lowest BCUT2D eigenvalue weighted by Crippen LogP contribution is -2.24. The van der Waals surface area contributed by atoms with Gasteiger partial charge in [-0.2, -0.15) is 13.2 Å². The standard InChI is InChI=1S/C10H8F3NO3/c11-10(12,13)9(17)6-3-1-2-4-7(6)14-5-8(15)16/h1-4,14H,5H2,(H,15,16). The number of hydrogen-bond donors (Lipinski definition) is 2. The van der Waals surface area contributed by atoms with Crippen molar-refractivity contribution in [2.24, 2.45) is 0 Å². The molecular formula is C10H8F3NO3. The van der Waals surface area contributed by atoms with Gasteiger partial charge in [-0.15, -0.1) is 0 Å². The molecule has 0 amide bonds. The molecule has 0 saturated heterocycles. The number of nitrogens with one attached hydrogen (secondary N) is 1. The fraction of sp³-hybridized carbons (Fsp3) is 0.200. The molecule has 0 aliphatic heterocycles. The molecule has 0 atom stereocenters. The zero-order valence-electron chi connectivity index (χ0n) is 8.41. The maximum absolute atomic E-state index is 12.2. The number of benzene rings is 1. The highest BCUT2D eigenvalue weighted by atomic mass is 19.4. The number of anilines is 1. The molecule has 0 aliphatic carbocycles. The van der Waals surface area contributed by atoms with E-state index in [1.54, 1.807) is 0 Å². The second kappa shape index (κ2) is 4.86. The van der Waals surface area contributed by atoms with Crippen LogP contribution >= 0.6 is 0 Å². The summed E-state index contributed by atoms with van der Waals surface area (Å²) in [7, 11) is 0. The van der Waals surface area contributed by atoms with Gasteiger partial charge in [0, 0.05) is 5.69 Å². The van der Waals surface area contributed by atoms with Crippen LogP contribution in [0.25, 0.3) is 0 Å². The molecule has 4 nitrogen and oxygen atoms in total. The van der Waals surface area contributed by atoms with Gasteiger partial charge >= 0.3 is 12.1 Å². The van der Waals surface area contributed by atoms with Crippen LogP contribution in [0.15, 0.2) is 24.3 Å². The molecular weight excluding hydrogens is 239 g/mol. The average Bonchev–Trinajstić information content (AvgIpc) is 2.24. The molecule has 17 heavy (non-hydrogen) atoms. The molecule has 1 rings (SSSR count).